The lowest BCUT2D eigenvalue weighted by molar-refractivity contribution is -0.145. The van der Waals surface area contributed by atoms with Crippen LogP contribution >= 0.6 is 0 Å². The van der Waals surface area contributed by atoms with Crippen LogP contribution in [0.3, 0.4) is 0 Å². The molecule has 2 fully saturated rings. The van der Waals surface area contributed by atoms with E-state index < -0.39 is 24.5 Å². The number of nitrogens with zero attached hydrogens (tertiary/aromatic N) is 1. The highest BCUT2D eigenvalue weighted by Crippen LogP contribution is 2.44. The summed E-state index contributed by atoms with van der Waals surface area (Å²) >= 11 is 0. The Hall–Kier alpha value is -1.49. The van der Waals surface area contributed by atoms with Crippen LogP contribution in [0.1, 0.15) is 24.8 Å². The molecule has 1 N–H and O–H groups in total. The number of likely N-dealkylation sites (tertiary alicyclic amines) is 1. The summed E-state index contributed by atoms with van der Waals surface area (Å²) < 4.78 is 28.8. The first kappa shape index (κ1) is 14.4. The number of fused-ring (bicyclic) bond motifs is 1. The van der Waals surface area contributed by atoms with E-state index in [1.165, 1.54) is 17.0 Å². The zero-order chi connectivity index (χ0) is 15.0. The Morgan fingerprint density at radius 2 is 2.00 bits per heavy atom. The highest BCUT2D eigenvalue weighted by atomic mass is 19.3. The maximum atomic E-state index is 14.4. The fourth-order valence-electron chi connectivity index (χ4n) is 3.92. The fourth-order valence-corrected chi connectivity index (χ4v) is 3.92. The van der Waals surface area contributed by atoms with Crippen LogP contribution in [0.25, 0.3) is 0 Å². The van der Waals surface area contributed by atoms with Gasteiger partial charge in [-0.25, -0.2) is 0 Å². The maximum absolute atomic E-state index is 14.4. The van der Waals surface area contributed by atoms with Crippen LogP contribution in [-0.2, 0) is 10.7 Å². The second kappa shape index (κ2) is 5.37. The second-order valence-electron chi connectivity index (χ2n) is 6.14. The molecule has 1 saturated carbocycles. The molecule has 0 bridgehead atoms. The highest BCUT2D eigenvalue weighted by Gasteiger charge is 2.50. The predicted molar refractivity (Wildman–Crippen MR) is 74.2 cm³/mol. The molecule has 1 saturated heterocycles. The van der Waals surface area contributed by atoms with E-state index in [1.807, 2.05) is 0 Å². The van der Waals surface area contributed by atoms with E-state index in [0.29, 0.717) is 6.54 Å². The average Bonchev–Trinajstić information content (AvgIpc) is 2.99. The van der Waals surface area contributed by atoms with Crippen molar-refractivity contribution in [3.05, 3.63) is 35.9 Å². The molecule has 1 aromatic rings. The van der Waals surface area contributed by atoms with Crippen molar-refractivity contribution in [1.29, 1.82) is 0 Å². The van der Waals surface area contributed by atoms with Crippen LogP contribution in [0.4, 0.5) is 8.78 Å². The smallest absolute Gasteiger partial charge is 0.321 e. The van der Waals surface area contributed by atoms with Gasteiger partial charge in [0.1, 0.15) is 6.04 Å². The Kier molecular flexibility index (Phi) is 3.69. The van der Waals surface area contributed by atoms with Gasteiger partial charge in [0, 0.05) is 12.1 Å². The number of benzene rings is 1. The van der Waals surface area contributed by atoms with E-state index in [4.69, 9.17) is 0 Å². The molecule has 1 aliphatic heterocycles. The first-order valence-electron chi connectivity index (χ1n) is 7.39. The summed E-state index contributed by atoms with van der Waals surface area (Å²) in [4.78, 5) is 13.0. The molecule has 1 aliphatic carbocycles. The number of carboxylic acid groups (broad SMARTS) is 1. The first-order chi connectivity index (χ1) is 9.99. The van der Waals surface area contributed by atoms with Crippen molar-refractivity contribution < 1.29 is 18.7 Å². The summed E-state index contributed by atoms with van der Waals surface area (Å²) in [6.45, 7) is -0.0367. The van der Waals surface area contributed by atoms with Gasteiger partial charge in [-0.2, -0.15) is 8.78 Å². The Labute approximate surface area is 122 Å². The van der Waals surface area contributed by atoms with Crippen molar-refractivity contribution in [1.82, 2.24) is 4.90 Å². The van der Waals surface area contributed by atoms with E-state index >= 15 is 0 Å². The molecule has 3 nitrogen and oxygen atoms in total. The van der Waals surface area contributed by atoms with Crippen LogP contribution < -0.4 is 0 Å². The Morgan fingerprint density at radius 1 is 1.29 bits per heavy atom. The molecule has 2 aliphatic rings. The summed E-state index contributed by atoms with van der Waals surface area (Å²) in [5, 5.41) is 9.41. The quantitative estimate of drug-likeness (QED) is 0.928. The molecule has 3 atom stereocenters. The number of rotatable bonds is 4. The van der Waals surface area contributed by atoms with Crippen LogP contribution in [0, 0.1) is 11.8 Å². The largest absolute Gasteiger partial charge is 0.480 e. The Bertz CT molecular complexity index is 520. The predicted octanol–water partition coefficient (Wildman–Crippen LogP) is 2.96. The zero-order valence-electron chi connectivity index (χ0n) is 11.7. The molecule has 3 rings (SSSR count). The molecule has 0 amide bonds. The molecular weight excluding hydrogens is 276 g/mol. The molecule has 0 aromatic heterocycles. The van der Waals surface area contributed by atoms with Crippen molar-refractivity contribution in [3.8, 4) is 0 Å². The SMILES string of the molecule is O=C(O)C1C2CCCC2CN1CC(F)(F)c1ccccc1. The monoisotopic (exact) mass is 295 g/mol. The molecular formula is C16H19F2NO2. The maximum Gasteiger partial charge on any atom is 0.321 e. The van der Waals surface area contributed by atoms with Crippen molar-refractivity contribution in [2.75, 3.05) is 13.1 Å². The van der Waals surface area contributed by atoms with Crippen molar-refractivity contribution in [2.45, 2.75) is 31.2 Å². The number of aliphatic carboxylic acids is 1. The molecule has 1 heterocycles. The molecule has 114 valence electrons. The summed E-state index contributed by atoms with van der Waals surface area (Å²) in [6, 6.07) is 6.89. The van der Waals surface area contributed by atoms with Crippen LogP contribution in [0.15, 0.2) is 30.3 Å². The van der Waals surface area contributed by atoms with E-state index in [-0.39, 0.29) is 17.4 Å². The standard InChI is InChI=1S/C16H19F2NO2/c17-16(18,12-6-2-1-3-7-12)10-19-9-11-5-4-8-13(11)14(19)15(20)21/h1-3,6-7,11,13-14H,4-5,8-10H2,(H,20,21). The summed E-state index contributed by atoms with van der Waals surface area (Å²) in [5.41, 5.74) is -0.0498. The van der Waals surface area contributed by atoms with Gasteiger partial charge in [-0.3, -0.25) is 9.69 Å². The van der Waals surface area contributed by atoms with Crippen LogP contribution in [0.2, 0.25) is 0 Å². The van der Waals surface area contributed by atoms with Gasteiger partial charge in [-0.15, -0.1) is 0 Å². The molecule has 0 spiro atoms. The third-order valence-corrected chi connectivity index (χ3v) is 4.84. The van der Waals surface area contributed by atoms with Gasteiger partial charge < -0.3 is 5.11 Å². The Balaban J connectivity index is 1.79. The number of hydrogen-bond acceptors (Lipinski definition) is 2. The molecule has 21 heavy (non-hydrogen) atoms. The van der Waals surface area contributed by atoms with Crippen LogP contribution in [-0.4, -0.2) is 35.1 Å². The molecule has 5 heteroatoms. The Morgan fingerprint density at radius 3 is 2.67 bits per heavy atom. The lowest BCUT2D eigenvalue weighted by atomic mass is 9.94. The second-order valence-corrected chi connectivity index (χ2v) is 6.14. The van der Waals surface area contributed by atoms with E-state index in [0.717, 1.165) is 19.3 Å². The third-order valence-electron chi connectivity index (χ3n) is 4.84. The van der Waals surface area contributed by atoms with Crippen molar-refractivity contribution >= 4 is 5.97 Å². The number of alkyl halides is 2. The van der Waals surface area contributed by atoms with Crippen LogP contribution in [0.5, 0.6) is 0 Å². The van der Waals surface area contributed by atoms with Crippen molar-refractivity contribution in [3.63, 3.8) is 0 Å². The molecule has 0 radical (unpaired) electrons. The number of carboxylic acids is 1. The summed E-state index contributed by atoms with van der Waals surface area (Å²) in [6.07, 6.45) is 2.82. The topological polar surface area (TPSA) is 40.5 Å². The van der Waals surface area contributed by atoms with Gasteiger partial charge >= 0.3 is 5.97 Å². The van der Waals surface area contributed by atoms with Crippen molar-refractivity contribution in [2.24, 2.45) is 11.8 Å². The van der Waals surface area contributed by atoms with Gasteiger partial charge in [0.2, 0.25) is 0 Å². The molecule has 3 unspecified atom stereocenters. The first-order valence-corrected chi connectivity index (χ1v) is 7.39. The van der Waals surface area contributed by atoms with Gasteiger partial charge in [-0.05, 0) is 24.7 Å². The van der Waals surface area contributed by atoms with E-state index in [1.54, 1.807) is 18.2 Å². The van der Waals surface area contributed by atoms with Gasteiger partial charge in [-0.1, -0.05) is 36.8 Å². The minimum absolute atomic E-state index is 0.0362. The average molecular weight is 295 g/mol. The number of halogens is 2. The van der Waals surface area contributed by atoms with Gasteiger partial charge in [0.25, 0.3) is 5.92 Å². The highest BCUT2D eigenvalue weighted by molar-refractivity contribution is 5.74. The minimum Gasteiger partial charge on any atom is -0.480 e. The summed E-state index contributed by atoms with van der Waals surface area (Å²) in [5.74, 6) is -3.69. The van der Waals surface area contributed by atoms with Gasteiger partial charge in [0.05, 0.1) is 6.54 Å². The number of hydrogen-bond donors (Lipinski definition) is 1. The number of carbonyl (C=O) groups is 1. The summed E-state index contributed by atoms with van der Waals surface area (Å²) in [7, 11) is 0. The lowest BCUT2D eigenvalue weighted by Crippen LogP contribution is -2.44. The molecule has 1 aromatic carbocycles. The minimum atomic E-state index is -3.02. The third kappa shape index (κ3) is 2.67. The van der Waals surface area contributed by atoms with Gasteiger partial charge in [0.15, 0.2) is 0 Å². The normalized spacial score (nSPS) is 29.5. The zero-order valence-corrected chi connectivity index (χ0v) is 11.7. The fraction of sp³-hybridized carbons (Fsp3) is 0.562. The van der Waals surface area contributed by atoms with E-state index in [2.05, 4.69) is 0 Å². The van der Waals surface area contributed by atoms with E-state index in [9.17, 15) is 18.7 Å². The lowest BCUT2D eigenvalue weighted by Gasteiger charge is -2.28.